The van der Waals surface area contributed by atoms with Crippen LogP contribution in [0.15, 0.2) is 89.7 Å². The fraction of sp³-hybridized carbons (Fsp3) is 0.192. The number of benzene rings is 2. The van der Waals surface area contributed by atoms with Gasteiger partial charge in [-0.3, -0.25) is 4.79 Å². The van der Waals surface area contributed by atoms with Crippen LogP contribution < -0.4 is 5.32 Å². The van der Waals surface area contributed by atoms with E-state index in [0.29, 0.717) is 18.9 Å². The van der Waals surface area contributed by atoms with Crippen LogP contribution >= 0.6 is 0 Å². The van der Waals surface area contributed by atoms with Crippen LogP contribution in [0.2, 0.25) is 0 Å². The van der Waals surface area contributed by atoms with Crippen molar-refractivity contribution in [1.29, 1.82) is 0 Å². The van der Waals surface area contributed by atoms with Gasteiger partial charge in [-0.1, -0.05) is 48.5 Å². The van der Waals surface area contributed by atoms with Gasteiger partial charge in [0.15, 0.2) is 5.89 Å². The van der Waals surface area contributed by atoms with Gasteiger partial charge in [0.25, 0.3) is 0 Å². The van der Waals surface area contributed by atoms with Gasteiger partial charge >= 0.3 is 5.97 Å². The van der Waals surface area contributed by atoms with Crippen molar-refractivity contribution in [1.82, 2.24) is 9.97 Å². The van der Waals surface area contributed by atoms with Gasteiger partial charge in [-0.15, -0.1) is 0 Å². The number of hydrogen-bond acceptors (Lipinski definition) is 6. The molecule has 0 fully saturated rings. The molecule has 2 aromatic carbocycles. The van der Waals surface area contributed by atoms with Gasteiger partial charge in [0.1, 0.15) is 17.8 Å². The predicted octanol–water partition coefficient (Wildman–Crippen LogP) is 5.76. The number of esters is 1. The summed E-state index contributed by atoms with van der Waals surface area (Å²) in [7, 11) is 0. The molecule has 0 aliphatic carbocycles. The summed E-state index contributed by atoms with van der Waals surface area (Å²) in [6, 6.07) is 23.6. The third-order valence-electron chi connectivity index (χ3n) is 5.06. The quantitative estimate of drug-likeness (QED) is 0.342. The minimum Gasteiger partial charge on any atom is -0.466 e. The van der Waals surface area contributed by atoms with Crippen LogP contribution in [0, 0.1) is 0 Å². The van der Waals surface area contributed by atoms with Crippen molar-refractivity contribution in [2.75, 3.05) is 11.9 Å². The van der Waals surface area contributed by atoms with Gasteiger partial charge in [0, 0.05) is 29.8 Å². The number of hydrogen-bond donors (Lipinski definition) is 1. The molecule has 0 saturated heterocycles. The molecule has 0 saturated carbocycles. The van der Waals surface area contributed by atoms with Crippen LogP contribution in [0.1, 0.15) is 30.7 Å². The summed E-state index contributed by atoms with van der Waals surface area (Å²) in [5, 5.41) is 3.29. The molecule has 32 heavy (non-hydrogen) atoms. The highest BCUT2D eigenvalue weighted by atomic mass is 16.5. The van der Waals surface area contributed by atoms with Crippen LogP contribution in [0.5, 0.6) is 0 Å². The first-order valence-corrected chi connectivity index (χ1v) is 10.6. The molecular weight excluding hydrogens is 402 g/mol. The molecule has 2 aromatic heterocycles. The summed E-state index contributed by atoms with van der Waals surface area (Å²) in [5.41, 5.74) is 3.65. The summed E-state index contributed by atoms with van der Waals surface area (Å²) in [6.45, 7) is 2.18. The zero-order valence-corrected chi connectivity index (χ0v) is 17.9. The van der Waals surface area contributed by atoms with E-state index in [1.807, 2.05) is 79.7 Å². The second-order valence-electron chi connectivity index (χ2n) is 7.37. The lowest BCUT2D eigenvalue weighted by Gasteiger charge is -2.14. The van der Waals surface area contributed by atoms with Crippen molar-refractivity contribution in [3.05, 3.63) is 96.7 Å². The molecule has 0 aliphatic heterocycles. The normalized spacial score (nSPS) is 11.7. The Bertz CT molecular complexity index is 1140. The molecule has 6 heteroatoms. The third-order valence-corrected chi connectivity index (χ3v) is 5.06. The summed E-state index contributed by atoms with van der Waals surface area (Å²) in [4.78, 5) is 21.1. The van der Waals surface area contributed by atoms with E-state index >= 15 is 0 Å². The van der Waals surface area contributed by atoms with E-state index in [9.17, 15) is 4.79 Å². The molecular formula is C26H25N3O3. The largest absolute Gasteiger partial charge is 0.466 e. The van der Waals surface area contributed by atoms with Gasteiger partial charge < -0.3 is 14.5 Å². The average Bonchev–Trinajstić information content (AvgIpc) is 3.29. The monoisotopic (exact) mass is 427 g/mol. The first-order chi connectivity index (χ1) is 15.7. The second-order valence-corrected chi connectivity index (χ2v) is 7.37. The Morgan fingerprint density at radius 3 is 2.69 bits per heavy atom. The number of rotatable bonds is 9. The fourth-order valence-electron chi connectivity index (χ4n) is 3.54. The van der Waals surface area contributed by atoms with Crippen molar-refractivity contribution < 1.29 is 13.9 Å². The van der Waals surface area contributed by atoms with Gasteiger partial charge in [0.2, 0.25) is 0 Å². The highest BCUT2D eigenvalue weighted by Gasteiger charge is 2.20. The maximum atomic E-state index is 12.1. The molecule has 0 aliphatic rings. The van der Waals surface area contributed by atoms with E-state index in [0.717, 1.165) is 28.3 Å². The zero-order valence-electron chi connectivity index (χ0n) is 17.9. The maximum absolute atomic E-state index is 12.1. The summed E-state index contributed by atoms with van der Waals surface area (Å²) in [6.07, 6.45) is 4.19. The number of ether oxygens (including phenoxy) is 1. The smallest absolute Gasteiger partial charge is 0.306 e. The van der Waals surface area contributed by atoms with Gasteiger partial charge in [-0.2, -0.15) is 0 Å². The molecule has 0 bridgehead atoms. The number of nitrogens with zero attached hydrogens (tertiary/aromatic N) is 2. The fourth-order valence-corrected chi connectivity index (χ4v) is 3.54. The number of nitrogens with one attached hydrogen (secondary N) is 1. The first kappa shape index (κ1) is 21.3. The minimum absolute atomic E-state index is 0.0705. The molecule has 2 heterocycles. The van der Waals surface area contributed by atoms with Crippen molar-refractivity contribution in [3.8, 4) is 11.3 Å². The second kappa shape index (κ2) is 10.4. The van der Waals surface area contributed by atoms with Crippen molar-refractivity contribution in [3.63, 3.8) is 0 Å². The Labute approximate surface area is 187 Å². The number of oxazole rings is 1. The van der Waals surface area contributed by atoms with Crippen LogP contribution in [0.4, 0.5) is 11.5 Å². The molecule has 1 atom stereocenters. The highest BCUT2D eigenvalue weighted by molar-refractivity contribution is 5.70. The summed E-state index contributed by atoms with van der Waals surface area (Å²) < 4.78 is 10.9. The Balaban J connectivity index is 1.51. The van der Waals surface area contributed by atoms with Crippen molar-refractivity contribution in [2.24, 2.45) is 0 Å². The van der Waals surface area contributed by atoms with E-state index in [4.69, 9.17) is 9.15 Å². The Morgan fingerprint density at radius 2 is 1.91 bits per heavy atom. The molecule has 6 nitrogen and oxygen atoms in total. The standard InChI is InChI=1S/C26H25N3O3/c1-2-31-26(30)17-21(19-9-4-3-5-10-19)16-25-29-23(18-32-25)20-11-8-12-22(15-20)28-24-13-6-7-14-27-24/h3-15,18,21H,2,16-17H2,1H3,(H,27,28). The number of aromatic nitrogens is 2. The Hall–Kier alpha value is -3.93. The molecule has 0 spiro atoms. The topological polar surface area (TPSA) is 77.2 Å². The summed E-state index contributed by atoms with van der Waals surface area (Å²) >= 11 is 0. The van der Waals surface area contributed by atoms with E-state index in [1.165, 1.54) is 0 Å². The zero-order chi connectivity index (χ0) is 22.2. The molecule has 1 unspecified atom stereocenters. The molecule has 162 valence electrons. The Morgan fingerprint density at radius 1 is 1.06 bits per heavy atom. The molecule has 1 N–H and O–H groups in total. The van der Waals surface area contributed by atoms with Gasteiger partial charge in [-0.05, 0) is 36.8 Å². The van der Waals surface area contributed by atoms with Crippen LogP contribution in [0.25, 0.3) is 11.3 Å². The SMILES string of the molecule is CCOC(=O)CC(Cc1nc(-c2cccc(Nc3ccccn3)c2)co1)c1ccccc1. The van der Waals surface area contributed by atoms with Gasteiger partial charge in [0.05, 0.1) is 13.0 Å². The summed E-state index contributed by atoms with van der Waals surface area (Å²) in [5.74, 6) is 1.07. The van der Waals surface area contributed by atoms with E-state index < -0.39 is 0 Å². The molecule has 4 rings (SSSR count). The minimum atomic E-state index is -0.221. The number of anilines is 2. The van der Waals surface area contributed by atoms with Crippen molar-refractivity contribution in [2.45, 2.75) is 25.7 Å². The third kappa shape index (κ3) is 5.60. The van der Waals surface area contributed by atoms with E-state index in [1.54, 1.807) is 12.5 Å². The van der Waals surface area contributed by atoms with Crippen LogP contribution in [-0.2, 0) is 16.0 Å². The van der Waals surface area contributed by atoms with E-state index in [-0.39, 0.29) is 18.3 Å². The van der Waals surface area contributed by atoms with Crippen LogP contribution in [-0.4, -0.2) is 22.5 Å². The van der Waals surface area contributed by atoms with Crippen molar-refractivity contribution >= 4 is 17.5 Å². The number of pyridine rings is 1. The lowest BCUT2D eigenvalue weighted by molar-refractivity contribution is -0.143. The lowest BCUT2D eigenvalue weighted by Crippen LogP contribution is -2.12. The highest BCUT2D eigenvalue weighted by Crippen LogP contribution is 2.28. The first-order valence-electron chi connectivity index (χ1n) is 10.6. The molecule has 4 aromatic rings. The average molecular weight is 428 g/mol. The number of carbonyl (C=O) groups excluding carboxylic acids is 1. The van der Waals surface area contributed by atoms with Gasteiger partial charge in [-0.25, -0.2) is 9.97 Å². The lowest BCUT2D eigenvalue weighted by atomic mass is 9.92. The maximum Gasteiger partial charge on any atom is 0.306 e. The molecule has 0 amide bonds. The predicted molar refractivity (Wildman–Crippen MR) is 124 cm³/mol. The van der Waals surface area contributed by atoms with E-state index in [2.05, 4.69) is 15.3 Å². The molecule has 0 radical (unpaired) electrons. The number of carbonyl (C=O) groups is 1. The Kier molecular flexibility index (Phi) is 6.92. The van der Waals surface area contributed by atoms with Crippen LogP contribution in [0.3, 0.4) is 0 Å².